The van der Waals surface area contributed by atoms with Crippen LogP contribution in [-0.2, 0) is 4.74 Å². The fourth-order valence-electron chi connectivity index (χ4n) is 2.65. The lowest BCUT2D eigenvalue weighted by Gasteiger charge is -2.29. The minimum atomic E-state index is -0.0844. The molecule has 1 aliphatic heterocycles. The molecule has 0 spiro atoms. The lowest BCUT2D eigenvalue weighted by Crippen LogP contribution is -2.38. The quantitative estimate of drug-likeness (QED) is 0.723. The fourth-order valence-corrected chi connectivity index (χ4v) is 2.65. The average molecular weight is 225 g/mol. The zero-order valence-electron chi connectivity index (χ0n) is 10.3. The largest absolute Gasteiger partial charge is 0.449 e. The summed E-state index contributed by atoms with van der Waals surface area (Å²) in [6, 6.07) is 0. The van der Waals surface area contributed by atoms with Crippen molar-refractivity contribution in [3.63, 3.8) is 0 Å². The first-order valence-electron chi connectivity index (χ1n) is 6.67. The number of likely N-dealkylation sites (tertiary alicyclic amines) is 1. The van der Waals surface area contributed by atoms with Crippen LogP contribution in [0.2, 0.25) is 0 Å². The third-order valence-electron chi connectivity index (χ3n) is 3.96. The molecule has 1 amide bonds. The number of hydrogen-bond donors (Lipinski definition) is 0. The third kappa shape index (κ3) is 3.13. The van der Waals surface area contributed by atoms with Crippen LogP contribution < -0.4 is 0 Å². The molecule has 0 radical (unpaired) electrons. The molecule has 0 N–H and O–H groups in total. The van der Waals surface area contributed by atoms with Crippen molar-refractivity contribution < 1.29 is 9.53 Å². The average Bonchev–Trinajstić information content (AvgIpc) is 2.80. The molecule has 3 nitrogen and oxygen atoms in total. The Morgan fingerprint density at radius 3 is 2.44 bits per heavy atom. The van der Waals surface area contributed by atoms with Crippen LogP contribution in [0.25, 0.3) is 0 Å². The Labute approximate surface area is 98.1 Å². The molecule has 0 atom stereocenters. The van der Waals surface area contributed by atoms with Gasteiger partial charge in [-0.25, -0.2) is 4.79 Å². The first-order chi connectivity index (χ1) is 7.75. The Morgan fingerprint density at radius 2 is 1.81 bits per heavy atom. The fraction of sp³-hybridized carbons (Fsp3) is 0.923. The summed E-state index contributed by atoms with van der Waals surface area (Å²) >= 11 is 0. The zero-order chi connectivity index (χ0) is 11.4. The summed E-state index contributed by atoms with van der Waals surface area (Å²) in [5.41, 5.74) is 0. The molecule has 2 rings (SSSR count). The van der Waals surface area contributed by atoms with E-state index in [9.17, 15) is 4.79 Å². The summed E-state index contributed by atoms with van der Waals surface area (Å²) in [6.45, 7) is 4.65. The molecule has 1 aliphatic carbocycles. The molecule has 2 aliphatic rings. The van der Waals surface area contributed by atoms with Gasteiger partial charge in [-0.1, -0.05) is 19.8 Å². The van der Waals surface area contributed by atoms with E-state index in [4.69, 9.17) is 4.74 Å². The van der Waals surface area contributed by atoms with Crippen LogP contribution in [0.4, 0.5) is 4.79 Å². The van der Waals surface area contributed by atoms with Crippen LogP contribution in [0, 0.1) is 11.8 Å². The van der Waals surface area contributed by atoms with E-state index in [-0.39, 0.29) is 6.09 Å². The highest BCUT2D eigenvalue weighted by molar-refractivity contribution is 5.67. The van der Waals surface area contributed by atoms with Gasteiger partial charge in [0, 0.05) is 13.1 Å². The standard InChI is InChI=1S/C13H23NO2/c1-11-6-8-14(9-7-11)13(15)16-10-12-4-2-3-5-12/h11-12H,2-10H2,1H3. The van der Waals surface area contributed by atoms with Crippen molar-refractivity contribution in [3.05, 3.63) is 0 Å². The lowest BCUT2D eigenvalue weighted by molar-refractivity contribution is 0.0770. The summed E-state index contributed by atoms with van der Waals surface area (Å²) in [5.74, 6) is 1.39. The van der Waals surface area contributed by atoms with Crippen molar-refractivity contribution in [1.82, 2.24) is 4.90 Å². The molecule has 92 valence electrons. The van der Waals surface area contributed by atoms with Crippen LogP contribution in [0.1, 0.15) is 45.4 Å². The van der Waals surface area contributed by atoms with Crippen LogP contribution in [0.5, 0.6) is 0 Å². The van der Waals surface area contributed by atoms with E-state index in [1.165, 1.54) is 25.7 Å². The number of piperidine rings is 1. The molecular formula is C13H23NO2. The van der Waals surface area contributed by atoms with Crippen LogP contribution in [0.3, 0.4) is 0 Å². The maximum Gasteiger partial charge on any atom is 0.409 e. The molecule has 1 saturated carbocycles. The van der Waals surface area contributed by atoms with E-state index < -0.39 is 0 Å². The van der Waals surface area contributed by atoms with Gasteiger partial charge in [0.2, 0.25) is 0 Å². The summed E-state index contributed by atoms with van der Waals surface area (Å²) in [5, 5.41) is 0. The zero-order valence-corrected chi connectivity index (χ0v) is 10.3. The van der Waals surface area contributed by atoms with Gasteiger partial charge in [-0.05, 0) is 37.5 Å². The van der Waals surface area contributed by atoms with Crippen molar-refractivity contribution >= 4 is 6.09 Å². The molecule has 2 fully saturated rings. The van der Waals surface area contributed by atoms with E-state index in [0.717, 1.165) is 31.8 Å². The van der Waals surface area contributed by atoms with Crippen molar-refractivity contribution in [3.8, 4) is 0 Å². The first kappa shape index (κ1) is 11.7. The van der Waals surface area contributed by atoms with Crippen LogP contribution in [-0.4, -0.2) is 30.7 Å². The highest BCUT2D eigenvalue weighted by Gasteiger charge is 2.23. The molecule has 1 saturated heterocycles. The second kappa shape index (κ2) is 5.55. The normalized spacial score (nSPS) is 23.7. The smallest absolute Gasteiger partial charge is 0.409 e. The van der Waals surface area contributed by atoms with Crippen LogP contribution in [0.15, 0.2) is 0 Å². The Hall–Kier alpha value is -0.730. The number of nitrogens with zero attached hydrogens (tertiary/aromatic N) is 1. The number of ether oxygens (including phenoxy) is 1. The van der Waals surface area contributed by atoms with Gasteiger partial charge in [-0.15, -0.1) is 0 Å². The van der Waals surface area contributed by atoms with Crippen molar-refractivity contribution in [1.29, 1.82) is 0 Å². The molecule has 0 aromatic heterocycles. The van der Waals surface area contributed by atoms with Gasteiger partial charge in [0.25, 0.3) is 0 Å². The van der Waals surface area contributed by atoms with E-state index in [1.54, 1.807) is 0 Å². The van der Waals surface area contributed by atoms with Gasteiger partial charge >= 0.3 is 6.09 Å². The summed E-state index contributed by atoms with van der Waals surface area (Å²) in [4.78, 5) is 13.6. The SMILES string of the molecule is CC1CCN(C(=O)OCC2CCCC2)CC1. The van der Waals surface area contributed by atoms with Gasteiger partial charge in [-0.3, -0.25) is 0 Å². The second-order valence-electron chi connectivity index (χ2n) is 5.40. The Bertz CT molecular complexity index is 228. The van der Waals surface area contributed by atoms with Gasteiger partial charge in [-0.2, -0.15) is 0 Å². The Morgan fingerprint density at radius 1 is 1.19 bits per heavy atom. The second-order valence-corrected chi connectivity index (χ2v) is 5.40. The van der Waals surface area contributed by atoms with E-state index in [0.29, 0.717) is 12.5 Å². The highest BCUT2D eigenvalue weighted by atomic mass is 16.6. The predicted molar refractivity (Wildman–Crippen MR) is 63.3 cm³/mol. The van der Waals surface area contributed by atoms with Crippen molar-refractivity contribution in [2.24, 2.45) is 11.8 Å². The monoisotopic (exact) mass is 225 g/mol. The number of amides is 1. The number of carbonyl (C=O) groups excluding carboxylic acids is 1. The number of carbonyl (C=O) groups is 1. The molecule has 3 heteroatoms. The Balaban J connectivity index is 1.67. The van der Waals surface area contributed by atoms with Gasteiger partial charge in [0.1, 0.15) is 0 Å². The molecule has 1 heterocycles. The molecule has 0 aromatic carbocycles. The third-order valence-corrected chi connectivity index (χ3v) is 3.96. The number of hydrogen-bond acceptors (Lipinski definition) is 2. The van der Waals surface area contributed by atoms with Gasteiger partial charge < -0.3 is 9.64 Å². The molecule has 0 aromatic rings. The minimum absolute atomic E-state index is 0.0844. The van der Waals surface area contributed by atoms with Gasteiger partial charge in [0.05, 0.1) is 6.61 Å². The highest BCUT2D eigenvalue weighted by Crippen LogP contribution is 2.25. The van der Waals surface area contributed by atoms with Crippen molar-refractivity contribution in [2.45, 2.75) is 45.4 Å². The maximum absolute atomic E-state index is 11.8. The predicted octanol–water partition coefficient (Wildman–Crippen LogP) is 3.05. The topological polar surface area (TPSA) is 29.5 Å². The van der Waals surface area contributed by atoms with E-state index >= 15 is 0 Å². The Kier molecular flexibility index (Phi) is 4.08. The summed E-state index contributed by atoms with van der Waals surface area (Å²) in [7, 11) is 0. The molecule has 16 heavy (non-hydrogen) atoms. The van der Waals surface area contributed by atoms with E-state index in [2.05, 4.69) is 6.92 Å². The number of rotatable bonds is 2. The summed E-state index contributed by atoms with van der Waals surface area (Å²) < 4.78 is 5.39. The summed E-state index contributed by atoms with van der Waals surface area (Å²) in [6.07, 6.45) is 7.26. The van der Waals surface area contributed by atoms with Crippen molar-refractivity contribution in [2.75, 3.05) is 19.7 Å². The molecular weight excluding hydrogens is 202 g/mol. The maximum atomic E-state index is 11.8. The van der Waals surface area contributed by atoms with Gasteiger partial charge in [0.15, 0.2) is 0 Å². The molecule has 0 bridgehead atoms. The molecule has 0 unspecified atom stereocenters. The van der Waals surface area contributed by atoms with Crippen LogP contribution >= 0.6 is 0 Å². The lowest BCUT2D eigenvalue weighted by atomic mass is 10.00. The van der Waals surface area contributed by atoms with E-state index in [1.807, 2.05) is 4.90 Å². The first-order valence-corrected chi connectivity index (χ1v) is 6.67. The minimum Gasteiger partial charge on any atom is -0.449 e.